The summed E-state index contributed by atoms with van der Waals surface area (Å²) in [6.45, 7) is 3.42. The van der Waals surface area contributed by atoms with Crippen molar-refractivity contribution < 1.29 is 9.59 Å². The number of nitrogens with zero attached hydrogens (tertiary/aromatic N) is 1. The summed E-state index contributed by atoms with van der Waals surface area (Å²) >= 11 is 1.67. The van der Waals surface area contributed by atoms with E-state index in [0.29, 0.717) is 5.57 Å². The molecule has 48 valence electrons. The number of halogens is 1. The Morgan fingerprint density at radius 2 is 2.11 bits per heavy atom. The Bertz CT molecular complexity index is 199. The first-order valence-electron chi connectivity index (χ1n) is 2.34. The first kappa shape index (κ1) is 6.73. The van der Waals surface area contributed by atoms with Crippen LogP contribution in [0.1, 0.15) is 6.42 Å². The quantitative estimate of drug-likeness (QED) is 0.268. The number of hydrogen-bond acceptors (Lipinski definition) is 2. The van der Waals surface area contributed by atoms with E-state index in [2.05, 4.69) is 6.58 Å². The number of carbonyl (C=O) groups excluding carboxylic acids is 2. The molecule has 1 aliphatic rings. The van der Waals surface area contributed by atoms with Crippen molar-refractivity contribution in [1.82, 2.24) is 3.11 Å². The molecule has 0 aromatic carbocycles. The monoisotopic (exact) mass is 237 g/mol. The van der Waals surface area contributed by atoms with Gasteiger partial charge in [-0.2, -0.15) is 0 Å². The van der Waals surface area contributed by atoms with E-state index in [9.17, 15) is 9.59 Å². The Labute approximate surface area is 66.2 Å². The summed E-state index contributed by atoms with van der Waals surface area (Å²) in [5.41, 5.74) is 0.384. The molecule has 1 aliphatic heterocycles. The van der Waals surface area contributed by atoms with Crippen LogP contribution in [0.4, 0.5) is 0 Å². The first-order valence-corrected chi connectivity index (χ1v) is 3.30. The van der Waals surface area contributed by atoms with Gasteiger partial charge < -0.3 is 0 Å². The van der Waals surface area contributed by atoms with Gasteiger partial charge in [0.2, 0.25) is 5.91 Å². The highest BCUT2D eigenvalue weighted by atomic mass is 127. The lowest BCUT2D eigenvalue weighted by molar-refractivity contribution is -0.129. The molecule has 4 heteroatoms. The highest BCUT2D eigenvalue weighted by Crippen LogP contribution is 2.19. The van der Waals surface area contributed by atoms with Crippen LogP contribution >= 0.6 is 22.9 Å². The number of rotatable bonds is 0. The second kappa shape index (κ2) is 2.09. The molecule has 2 amide bonds. The van der Waals surface area contributed by atoms with Crippen LogP contribution in [-0.4, -0.2) is 14.9 Å². The lowest BCUT2D eigenvalue weighted by Crippen LogP contribution is -2.16. The van der Waals surface area contributed by atoms with E-state index in [1.807, 2.05) is 0 Å². The molecular formula is C5H4INO2. The fraction of sp³-hybridized carbons (Fsp3) is 0.200. The largest absolute Gasteiger partial charge is 0.273 e. The Morgan fingerprint density at radius 3 is 2.22 bits per heavy atom. The first-order chi connectivity index (χ1) is 4.13. The topological polar surface area (TPSA) is 37.4 Å². The lowest BCUT2D eigenvalue weighted by Gasteiger charge is -1.97. The fourth-order valence-electron chi connectivity index (χ4n) is 0.580. The van der Waals surface area contributed by atoms with Gasteiger partial charge in [0.15, 0.2) is 0 Å². The summed E-state index contributed by atoms with van der Waals surface area (Å²) < 4.78 is 1.06. The molecule has 9 heavy (non-hydrogen) atoms. The van der Waals surface area contributed by atoms with Gasteiger partial charge in [-0.15, -0.1) is 0 Å². The summed E-state index contributed by atoms with van der Waals surface area (Å²) in [7, 11) is 0. The maximum absolute atomic E-state index is 10.7. The van der Waals surface area contributed by atoms with Gasteiger partial charge in [-0.1, -0.05) is 6.58 Å². The molecule has 3 nitrogen and oxygen atoms in total. The average Bonchev–Trinajstić information content (AvgIpc) is 1.98. The highest BCUT2D eigenvalue weighted by Gasteiger charge is 2.30. The van der Waals surface area contributed by atoms with Crippen LogP contribution in [0.2, 0.25) is 0 Å². The van der Waals surface area contributed by atoms with Crippen molar-refractivity contribution >= 4 is 34.7 Å². The van der Waals surface area contributed by atoms with Crippen LogP contribution in [0, 0.1) is 0 Å². The van der Waals surface area contributed by atoms with Crippen LogP contribution < -0.4 is 0 Å². The number of hydrogen-bond donors (Lipinski definition) is 0. The lowest BCUT2D eigenvalue weighted by atomic mass is 10.3. The zero-order chi connectivity index (χ0) is 7.02. The minimum absolute atomic E-state index is 0.175. The number of imide groups is 1. The molecule has 1 rings (SSSR count). The molecule has 1 saturated heterocycles. The fourth-order valence-corrected chi connectivity index (χ4v) is 1.09. The highest BCUT2D eigenvalue weighted by molar-refractivity contribution is 14.1. The minimum Gasteiger partial charge on any atom is -0.273 e. The molecule has 0 saturated carbocycles. The summed E-state index contributed by atoms with van der Waals surface area (Å²) in [4.78, 5) is 21.3. The van der Waals surface area contributed by atoms with Crippen molar-refractivity contribution in [3.05, 3.63) is 12.2 Å². The minimum atomic E-state index is -0.263. The smallest absolute Gasteiger partial charge is 0.265 e. The van der Waals surface area contributed by atoms with Gasteiger partial charge >= 0.3 is 0 Å². The zero-order valence-corrected chi connectivity index (χ0v) is 6.71. The normalized spacial score (nSPS) is 19.7. The van der Waals surface area contributed by atoms with E-state index in [1.54, 1.807) is 22.9 Å². The molecule has 0 aromatic heterocycles. The second-order valence-corrected chi connectivity index (χ2v) is 2.72. The van der Waals surface area contributed by atoms with E-state index in [1.165, 1.54) is 0 Å². The predicted octanol–water partition coefficient (Wildman–Crippen LogP) is 0.651. The molecule has 0 atom stereocenters. The molecule has 0 bridgehead atoms. The van der Waals surface area contributed by atoms with Gasteiger partial charge in [-0.3, -0.25) is 9.59 Å². The van der Waals surface area contributed by atoms with Crippen LogP contribution in [-0.2, 0) is 9.59 Å². The van der Waals surface area contributed by atoms with Crippen LogP contribution in [0.3, 0.4) is 0 Å². The Balaban J connectivity index is 2.90. The third kappa shape index (κ3) is 0.983. The van der Waals surface area contributed by atoms with Crippen LogP contribution in [0.5, 0.6) is 0 Å². The van der Waals surface area contributed by atoms with Crippen molar-refractivity contribution in [3.63, 3.8) is 0 Å². The van der Waals surface area contributed by atoms with Gasteiger partial charge in [0.05, 0.1) is 29.3 Å². The molecular weight excluding hydrogens is 233 g/mol. The van der Waals surface area contributed by atoms with E-state index >= 15 is 0 Å². The van der Waals surface area contributed by atoms with Crippen molar-refractivity contribution in [2.45, 2.75) is 6.42 Å². The van der Waals surface area contributed by atoms with Crippen molar-refractivity contribution in [2.24, 2.45) is 0 Å². The van der Waals surface area contributed by atoms with Gasteiger partial charge in [0.25, 0.3) is 5.91 Å². The molecule has 1 heterocycles. The number of carbonyl (C=O) groups is 2. The third-order valence-corrected chi connectivity index (χ3v) is 2.04. The molecule has 1 fully saturated rings. The number of amides is 2. The van der Waals surface area contributed by atoms with Crippen molar-refractivity contribution in [1.29, 1.82) is 0 Å². The SMILES string of the molecule is C=C1CC(=O)N(I)C1=O. The van der Waals surface area contributed by atoms with Crippen LogP contribution in [0.15, 0.2) is 12.2 Å². The Morgan fingerprint density at radius 1 is 1.56 bits per heavy atom. The average molecular weight is 237 g/mol. The van der Waals surface area contributed by atoms with Crippen molar-refractivity contribution in [3.8, 4) is 0 Å². The van der Waals surface area contributed by atoms with E-state index in [-0.39, 0.29) is 18.2 Å². The van der Waals surface area contributed by atoms with E-state index < -0.39 is 0 Å². The Kier molecular flexibility index (Phi) is 1.56. The van der Waals surface area contributed by atoms with Gasteiger partial charge in [-0.25, -0.2) is 3.11 Å². The molecule has 0 N–H and O–H groups in total. The van der Waals surface area contributed by atoms with Gasteiger partial charge in [0, 0.05) is 5.57 Å². The third-order valence-electron chi connectivity index (χ3n) is 1.06. The van der Waals surface area contributed by atoms with E-state index in [4.69, 9.17) is 0 Å². The second-order valence-electron chi connectivity index (χ2n) is 1.76. The summed E-state index contributed by atoms with van der Waals surface area (Å²) in [5, 5.41) is 0. The molecule has 0 aromatic rings. The van der Waals surface area contributed by atoms with Crippen LogP contribution in [0.25, 0.3) is 0 Å². The molecule has 0 spiro atoms. The standard InChI is InChI=1S/C5H4INO2/c1-3-2-4(8)7(6)5(3)9/h1-2H2. The maximum atomic E-state index is 10.7. The van der Waals surface area contributed by atoms with Gasteiger partial charge in [-0.05, 0) is 0 Å². The summed E-state index contributed by atoms with van der Waals surface area (Å²) in [5.74, 6) is -0.439. The van der Waals surface area contributed by atoms with Crippen molar-refractivity contribution in [2.75, 3.05) is 0 Å². The molecule has 0 aliphatic carbocycles. The molecule has 0 radical (unpaired) electrons. The summed E-state index contributed by atoms with van der Waals surface area (Å²) in [6, 6.07) is 0. The van der Waals surface area contributed by atoms with E-state index in [0.717, 1.165) is 3.11 Å². The molecule has 0 unspecified atom stereocenters. The zero-order valence-electron chi connectivity index (χ0n) is 4.56. The Hall–Kier alpha value is -0.390. The maximum Gasteiger partial charge on any atom is 0.265 e. The van der Waals surface area contributed by atoms with Gasteiger partial charge in [0.1, 0.15) is 0 Å². The summed E-state index contributed by atoms with van der Waals surface area (Å²) in [6.07, 6.45) is 0.182. The predicted molar refractivity (Wildman–Crippen MR) is 39.6 cm³/mol.